The zero-order chi connectivity index (χ0) is 17.9. The predicted molar refractivity (Wildman–Crippen MR) is 96.8 cm³/mol. The lowest BCUT2D eigenvalue weighted by atomic mass is 9.96. The summed E-state index contributed by atoms with van der Waals surface area (Å²) in [6.45, 7) is 6.81. The molecule has 1 aromatic heterocycles. The number of urea groups is 1. The van der Waals surface area contributed by atoms with Gasteiger partial charge >= 0.3 is 6.03 Å². The largest absolute Gasteiger partial charge is 0.493 e. The van der Waals surface area contributed by atoms with Crippen LogP contribution in [0.1, 0.15) is 51.0 Å². The number of hydrogen-bond donors (Lipinski definition) is 2. The Morgan fingerprint density at radius 3 is 2.64 bits per heavy atom. The molecule has 132 valence electrons. The fourth-order valence-corrected chi connectivity index (χ4v) is 2.78. The van der Waals surface area contributed by atoms with Crippen molar-refractivity contribution in [2.45, 2.75) is 45.1 Å². The normalized spacial score (nSPS) is 17.0. The summed E-state index contributed by atoms with van der Waals surface area (Å²) in [7, 11) is 0. The molecule has 1 aliphatic heterocycles. The molecule has 0 radical (unpaired) electrons. The number of carbonyl (C=O) groups excluding carboxylic acids is 1. The van der Waals surface area contributed by atoms with Crippen LogP contribution >= 0.6 is 0 Å². The molecule has 0 saturated heterocycles. The highest BCUT2D eigenvalue weighted by Crippen LogP contribution is 2.31. The van der Waals surface area contributed by atoms with Crippen molar-refractivity contribution >= 4 is 11.7 Å². The van der Waals surface area contributed by atoms with Gasteiger partial charge in [-0.05, 0) is 18.9 Å². The molecule has 3 rings (SSSR count). The van der Waals surface area contributed by atoms with E-state index in [1.165, 1.54) is 0 Å². The maximum atomic E-state index is 12.4. The van der Waals surface area contributed by atoms with Crippen molar-refractivity contribution in [3.05, 3.63) is 48.0 Å². The molecule has 2 N–H and O–H groups in total. The van der Waals surface area contributed by atoms with E-state index in [0.717, 1.165) is 30.0 Å². The maximum Gasteiger partial charge on any atom is 0.319 e. The lowest BCUT2D eigenvalue weighted by Gasteiger charge is -2.19. The average Bonchev–Trinajstić information content (AvgIpc) is 2.77. The molecule has 6 nitrogen and oxygen atoms in total. The third kappa shape index (κ3) is 4.26. The van der Waals surface area contributed by atoms with Crippen LogP contribution in [-0.2, 0) is 5.41 Å². The number of amides is 2. The van der Waals surface area contributed by atoms with Crippen LogP contribution < -0.4 is 15.4 Å². The maximum absolute atomic E-state index is 12.4. The van der Waals surface area contributed by atoms with Crippen molar-refractivity contribution in [1.82, 2.24) is 15.3 Å². The summed E-state index contributed by atoms with van der Waals surface area (Å²) < 4.78 is 5.73. The lowest BCUT2D eigenvalue weighted by Crippen LogP contribution is -2.32. The van der Waals surface area contributed by atoms with E-state index in [-0.39, 0.29) is 17.5 Å². The number of carbonyl (C=O) groups is 1. The van der Waals surface area contributed by atoms with Crippen LogP contribution in [-0.4, -0.2) is 22.6 Å². The summed E-state index contributed by atoms with van der Waals surface area (Å²) in [6.07, 6.45) is 5.00. The monoisotopic (exact) mass is 340 g/mol. The van der Waals surface area contributed by atoms with E-state index < -0.39 is 0 Å². The first-order valence-electron chi connectivity index (χ1n) is 8.55. The second-order valence-corrected chi connectivity index (χ2v) is 7.22. The number of anilines is 1. The molecule has 2 aromatic rings. The minimum Gasteiger partial charge on any atom is -0.493 e. The van der Waals surface area contributed by atoms with E-state index >= 15 is 0 Å². The van der Waals surface area contributed by atoms with E-state index in [4.69, 9.17) is 4.74 Å². The minimum atomic E-state index is -0.270. The van der Waals surface area contributed by atoms with Gasteiger partial charge in [-0.15, -0.1) is 0 Å². The molecule has 0 spiro atoms. The Kier molecular flexibility index (Phi) is 4.88. The number of hydrogen-bond acceptors (Lipinski definition) is 4. The fraction of sp³-hybridized carbons (Fsp3) is 0.421. The molecule has 1 aromatic carbocycles. The summed E-state index contributed by atoms with van der Waals surface area (Å²) in [6, 6.07) is 7.48. The van der Waals surface area contributed by atoms with Crippen LogP contribution in [0.2, 0.25) is 0 Å². The van der Waals surface area contributed by atoms with Crippen molar-refractivity contribution in [2.75, 3.05) is 11.9 Å². The molecule has 25 heavy (non-hydrogen) atoms. The zero-order valence-electron chi connectivity index (χ0n) is 14.9. The topological polar surface area (TPSA) is 76.1 Å². The first-order valence-corrected chi connectivity index (χ1v) is 8.55. The molecule has 1 aliphatic rings. The molecule has 6 heteroatoms. The van der Waals surface area contributed by atoms with E-state index in [2.05, 4.69) is 20.6 Å². The van der Waals surface area contributed by atoms with Crippen LogP contribution in [0.3, 0.4) is 0 Å². The summed E-state index contributed by atoms with van der Waals surface area (Å²) >= 11 is 0. The number of ether oxygens (including phenoxy) is 1. The van der Waals surface area contributed by atoms with Gasteiger partial charge in [-0.3, -0.25) is 0 Å². The van der Waals surface area contributed by atoms with E-state index in [0.29, 0.717) is 12.3 Å². The third-order valence-electron chi connectivity index (χ3n) is 4.07. The van der Waals surface area contributed by atoms with Gasteiger partial charge in [0.2, 0.25) is 0 Å². The van der Waals surface area contributed by atoms with Crippen LogP contribution in [0.5, 0.6) is 5.75 Å². The van der Waals surface area contributed by atoms with Gasteiger partial charge in [0.15, 0.2) is 0 Å². The van der Waals surface area contributed by atoms with Crippen LogP contribution in [0.25, 0.3) is 0 Å². The Morgan fingerprint density at radius 1 is 1.20 bits per heavy atom. The summed E-state index contributed by atoms with van der Waals surface area (Å²) in [5, 5.41) is 5.83. The number of benzene rings is 1. The van der Waals surface area contributed by atoms with Gasteiger partial charge in [-0.1, -0.05) is 39.0 Å². The standard InChI is InChI=1S/C19H24N4O2/c1-19(2,3)17-20-11-13(12-21-17)22-18(24)23-15-8-6-10-25-16-9-5-4-7-14(15)16/h4-5,7,9,11-12,15H,6,8,10H2,1-3H3,(H2,22,23,24). The summed E-state index contributed by atoms with van der Waals surface area (Å²) in [5.74, 6) is 1.58. The molecule has 2 amide bonds. The number of rotatable bonds is 2. The van der Waals surface area contributed by atoms with Gasteiger partial charge in [-0.25, -0.2) is 14.8 Å². The molecule has 1 atom stereocenters. The number of para-hydroxylation sites is 1. The van der Waals surface area contributed by atoms with Crippen LogP contribution in [0, 0.1) is 0 Å². The van der Waals surface area contributed by atoms with Gasteiger partial charge in [0.1, 0.15) is 11.6 Å². The second kappa shape index (κ2) is 7.09. The highest BCUT2D eigenvalue weighted by molar-refractivity contribution is 5.89. The SMILES string of the molecule is CC(C)(C)c1ncc(NC(=O)NC2CCCOc3ccccc32)cn1. The van der Waals surface area contributed by atoms with E-state index in [9.17, 15) is 4.79 Å². The molecule has 0 bridgehead atoms. The van der Waals surface area contributed by atoms with Gasteiger partial charge in [0, 0.05) is 11.0 Å². The molecule has 0 aliphatic carbocycles. The van der Waals surface area contributed by atoms with Gasteiger partial charge in [0.05, 0.1) is 30.7 Å². The lowest BCUT2D eigenvalue weighted by molar-refractivity contribution is 0.247. The fourth-order valence-electron chi connectivity index (χ4n) is 2.78. The Hall–Kier alpha value is -2.63. The van der Waals surface area contributed by atoms with E-state index in [1.54, 1.807) is 12.4 Å². The van der Waals surface area contributed by atoms with Gasteiger partial charge in [-0.2, -0.15) is 0 Å². The van der Waals surface area contributed by atoms with Crippen LogP contribution in [0.15, 0.2) is 36.7 Å². The average molecular weight is 340 g/mol. The Balaban J connectivity index is 1.67. The summed E-state index contributed by atoms with van der Waals surface area (Å²) in [5.41, 5.74) is 1.46. The van der Waals surface area contributed by atoms with Gasteiger partial charge in [0.25, 0.3) is 0 Å². The number of fused-ring (bicyclic) bond motifs is 1. The van der Waals surface area contributed by atoms with Crippen molar-refractivity contribution in [3.8, 4) is 5.75 Å². The highest BCUT2D eigenvalue weighted by atomic mass is 16.5. The zero-order valence-corrected chi connectivity index (χ0v) is 14.9. The van der Waals surface area contributed by atoms with Crippen LogP contribution in [0.4, 0.5) is 10.5 Å². The Bertz CT molecular complexity index is 738. The molecule has 1 unspecified atom stereocenters. The number of nitrogens with zero attached hydrogens (tertiary/aromatic N) is 2. The Morgan fingerprint density at radius 2 is 1.92 bits per heavy atom. The molecular formula is C19H24N4O2. The van der Waals surface area contributed by atoms with Gasteiger partial charge < -0.3 is 15.4 Å². The smallest absolute Gasteiger partial charge is 0.319 e. The molecule has 0 fully saturated rings. The van der Waals surface area contributed by atoms with Crippen molar-refractivity contribution < 1.29 is 9.53 Å². The summed E-state index contributed by atoms with van der Waals surface area (Å²) in [4.78, 5) is 21.0. The predicted octanol–water partition coefficient (Wildman–Crippen LogP) is 3.81. The Labute approximate surface area is 148 Å². The van der Waals surface area contributed by atoms with Crippen molar-refractivity contribution in [2.24, 2.45) is 0 Å². The first-order chi connectivity index (χ1) is 11.9. The second-order valence-electron chi connectivity index (χ2n) is 7.22. The minimum absolute atomic E-state index is 0.0755. The molecular weight excluding hydrogens is 316 g/mol. The quantitative estimate of drug-likeness (QED) is 0.871. The third-order valence-corrected chi connectivity index (χ3v) is 4.07. The van der Waals surface area contributed by atoms with E-state index in [1.807, 2.05) is 45.0 Å². The first kappa shape index (κ1) is 17.2. The number of nitrogens with one attached hydrogen (secondary N) is 2. The van der Waals surface area contributed by atoms with Crippen molar-refractivity contribution in [3.63, 3.8) is 0 Å². The highest BCUT2D eigenvalue weighted by Gasteiger charge is 2.21. The molecule has 0 saturated carbocycles. The number of aromatic nitrogens is 2. The van der Waals surface area contributed by atoms with Crippen molar-refractivity contribution in [1.29, 1.82) is 0 Å². The molecule has 2 heterocycles.